The van der Waals surface area contributed by atoms with E-state index in [2.05, 4.69) is 20.9 Å². The van der Waals surface area contributed by atoms with E-state index in [9.17, 15) is 4.39 Å². The van der Waals surface area contributed by atoms with E-state index in [4.69, 9.17) is 23.2 Å². The van der Waals surface area contributed by atoms with E-state index in [0.29, 0.717) is 16.4 Å². The Morgan fingerprint density at radius 3 is 2.80 bits per heavy atom. The van der Waals surface area contributed by atoms with Crippen molar-refractivity contribution >= 4 is 50.2 Å². The number of nitrogens with zero attached hydrogens (tertiary/aromatic N) is 2. The van der Waals surface area contributed by atoms with Crippen LogP contribution in [-0.2, 0) is 5.88 Å². The van der Waals surface area contributed by atoms with Crippen molar-refractivity contribution in [3.05, 3.63) is 57.5 Å². The van der Waals surface area contributed by atoms with Gasteiger partial charge in [0, 0.05) is 6.07 Å². The highest BCUT2D eigenvalue weighted by Gasteiger charge is 2.15. The largest absolute Gasteiger partial charge is 0.294 e. The molecule has 2 nitrogen and oxygen atoms in total. The number of hydrogen-bond acceptors (Lipinski definition) is 1. The van der Waals surface area contributed by atoms with Crippen molar-refractivity contribution in [1.29, 1.82) is 0 Å². The van der Waals surface area contributed by atoms with Crippen LogP contribution in [0.4, 0.5) is 4.39 Å². The first kappa shape index (κ1) is 13.9. The average Bonchev–Trinajstić information content (AvgIpc) is 2.79. The molecule has 3 aromatic rings. The maximum absolute atomic E-state index is 13.3. The molecule has 0 unspecified atom stereocenters. The van der Waals surface area contributed by atoms with E-state index >= 15 is 0 Å². The second-order valence-electron chi connectivity index (χ2n) is 4.20. The van der Waals surface area contributed by atoms with Gasteiger partial charge in [-0.2, -0.15) is 0 Å². The third kappa shape index (κ3) is 2.22. The predicted octanol–water partition coefficient (Wildman–Crippen LogP) is 5.32. The fourth-order valence-electron chi connectivity index (χ4n) is 2.13. The molecule has 0 aliphatic rings. The molecule has 0 radical (unpaired) electrons. The molecule has 0 aliphatic heterocycles. The Morgan fingerprint density at radius 2 is 2.05 bits per heavy atom. The molecule has 3 rings (SSSR count). The Balaban J connectivity index is 2.37. The SMILES string of the molecule is Fc1ccc2c(c1)nc(CCl)n2-c1cccc(Cl)c1Br. The van der Waals surface area contributed by atoms with Crippen molar-refractivity contribution in [1.82, 2.24) is 9.55 Å². The van der Waals surface area contributed by atoms with Crippen LogP contribution >= 0.6 is 39.1 Å². The lowest BCUT2D eigenvalue weighted by Crippen LogP contribution is -2.00. The van der Waals surface area contributed by atoms with Crippen LogP contribution in [0.5, 0.6) is 0 Å². The summed E-state index contributed by atoms with van der Waals surface area (Å²) in [5.41, 5.74) is 2.17. The third-order valence-electron chi connectivity index (χ3n) is 2.98. The summed E-state index contributed by atoms with van der Waals surface area (Å²) in [6, 6.07) is 10.00. The van der Waals surface area contributed by atoms with E-state index in [-0.39, 0.29) is 11.7 Å². The monoisotopic (exact) mass is 372 g/mol. The van der Waals surface area contributed by atoms with Gasteiger partial charge in [0.05, 0.1) is 32.1 Å². The van der Waals surface area contributed by atoms with E-state index in [0.717, 1.165) is 15.7 Å². The standard InChI is InChI=1S/C14H8BrCl2FN2/c15-14-9(17)2-1-3-12(14)20-11-5-4-8(18)6-10(11)19-13(20)7-16/h1-6H,7H2. The molecule has 20 heavy (non-hydrogen) atoms. The van der Waals surface area contributed by atoms with Crippen LogP contribution in [0.3, 0.4) is 0 Å². The first-order valence-corrected chi connectivity index (χ1v) is 7.49. The van der Waals surface area contributed by atoms with Gasteiger partial charge < -0.3 is 0 Å². The van der Waals surface area contributed by atoms with Gasteiger partial charge in [0.1, 0.15) is 11.6 Å². The van der Waals surface area contributed by atoms with Crippen LogP contribution in [-0.4, -0.2) is 9.55 Å². The maximum Gasteiger partial charge on any atom is 0.129 e. The highest BCUT2D eigenvalue weighted by atomic mass is 79.9. The van der Waals surface area contributed by atoms with Gasteiger partial charge in [-0.15, -0.1) is 11.6 Å². The van der Waals surface area contributed by atoms with Gasteiger partial charge in [-0.3, -0.25) is 4.57 Å². The molecule has 0 amide bonds. The van der Waals surface area contributed by atoms with Crippen LogP contribution < -0.4 is 0 Å². The highest BCUT2D eigenvalue weighted by Crippen LogP contribution is 2.32. The van der Waals surface area contributed by atoms with Crippen LogP contribution in [0.25, 0.3) is 16.7 Å². The molecule has 0 N–H and O–H groups in total. The molecule has 0 atom stereocenters. The first-order chi connectivity index (χ1) is 9.61. The summed E-state index contributed by atoms with van der Waals surface area (Å²) in [5, 5.41) is 0.590. The zero-order valence-corrected chi connectivity index (χ0v) is 13.2. The normalized spacial score (nSPS) is 11.2. The van der Waals surface area contributed by atoms with Crippen molar-refractivity contribution in [3.63, 3.8) is 0 Å². The lowest BCUT2D eigenvalue weighted by molar-refractivity contribution is 0.629. The molecule has 0 saturated heterocycles. The minimum atomic E-state index is -0.326. The second-order valence-corrected chi connectivity index (χ2v) is 5.67. The van der Waals surface area contributed by atoms with Crippen molar-refractivity contribution in [2.75, 3.05) is 0 Å². The number of hydrogen-bond donors (Lipinski definition) is 0. The maximum atomic E-state index is 13.3. The van der Waals surface area contributed by atoms with Gasteiger partial charge >= 0.3 is 0 Å². The van der Waals surface area contributed by atoms with E-state index < -0.39 is 0 Å². The predicted molar refractivity (Wildman–Crippen MR) is 83.3 cm³/mol. The van der Waals surface area contributed by atoms with Gasteiger partial charge in [-0.25, -0.2) is 9.37 Å². The Morgan fingerprint density at radius 1 is 1.25 bits per heavy atom. The molecule has 2 aromatic carbocycles. The fourth-order valence-corrected chi connectivity index (χ4v) is 2.92. The van der Waals surface area contributed by atoms with Crippen LogP contribution in [0.1, 0.15) is 5.82 Å². The summed E-state index contributed by atoms with van der Waals surface area (Å²) in [4.78, 5) is 4.37. The van der Waals surface area contributed by atoms with Gasteiger partial charge in [-0.1, -0.05) is 17.7 Å². The van der Waals surface area contributed by atoms with Gasteiger partial charge in [0.15, 0.2) is 0 Å². The quantitative estimate of drug-likeness (QED) is 0.556. The highest BCUT2D eigenvalue weighted by molar-refractivity contribution is 9.10. The van der Waals surface area contributed by atoms with Gasteiger partial charge in [0.2, 0.25) is 0 Å². The summed E-state index contributed by atoms with van der Waals surface area (Å²) in [5.74, 6) is 0.526. The van der Waals surface area contributed by atoms with Crippen molar-refractivity contribution in [2.24, 2.45) is 0 Å². The number of aromatic nitrogens is 2. The number of fused-ring (bicyclic) bond motifs is 1. The summed E-state index contributed by atoms with van der Waals surface area (Å²) in [6.45, 7) is 0. The molecule has 0 bridgehead atoms. The Labute approximate surface area is 133 Å². The first-order valence-electron chi connectivity index (χ1n) is 5.79. The van der Waals surface area contributed by atoms with Crippen molar-refractivity contribution in [3.8, 4) is 5.69 Å². The average molecular weight is 374 g/mol. The smallest absolute Gasteiger partial charge is 0.129 e. The third-order valence-corrected chi connectivity index (χ3v) is 4.59. The Kier molecular flexibility index (Phi) is 3.71. The zero-order chi connectivity index (χ0) is 14.3. The molecule has 0 saturated carbocycles. The molecule has 102 valence electrons. The van der Waals surface area contributed by atoms with Crippen LogP contribution in [0.2, 0.25) is 5.02 Å². The molecular weight excluding hydrogens is 366 g/mol. The lowest BCUT2D eigenvalue weighted by Gasteiger charge is -2.11. The second kappa shape index (κ2) is 5.35. The van der Waals surface area contributed by atoms with Crippen molar-refractivity contribution in [2.45, 2.75) is 5.88 Å². The zero-order valence-electron chi connectivity index (χ0n) is 10.1. The minimum Gasteiger partial charge on any atom is -0.294 e. The fraction of sp³-hybridized carbons (Fsp3) is 0.0714. The summed E-state index contributed by atoms with van der Waals surface area (Å²) < 4.78 is 15.9. The molecule has 1 heterocycles. The minimum absolute atomic E-state index is 0.218. The van der Waals surface area contributed by atoms with Crippen LogP contribution in [0.15, 0.2) is 40.9 Å². The Bertz CT molecular complexity index is 801. The summed E-state index contributed by atoms with van der Waals surface area (Å²) in [6.07, 6.45) is 0. The van der Waals surface area contributed by atoms with Gasteiger partial charge in [-0.05, 0) is 40.2 Å². The van der Waals surface area contributed by atoms with Gasteiger partial charge in [0.25, 0.3) is 0 Å². The molecule has 0 aliphatic carbocycles. The lowest BCUT2D eigenvalue weighted by atomic mass is 10.2. The number of benzene rings is 2. The molecule has 0 spiro atoms. The molecular formula is C14H8BrCl2FN2. The topological polar surface area (TPSA) is 17.8 Å². The summed E-state index contributed by atoms with van der Waals surface area (Å²) >= 11 is 15.6. The Hall–Kier alpha value is -1.10. The van der Waals surface area contributed by atoms with Crippen LogP contribution in [0, 0.1) is 5.82 Å². The van der Waals surface area contributed by atoms with Crippen molar-refractivity contribution < 1.29 is 4.39 Å². The molecule has 6 heteroatoms. The number of imidazole rings is 1. The number of rotatable bonds is 2. The molecule has 0 fully saturated rings. The van der Waals surface area contributed by atoms with E-state index in [1.54, 1.807) is 12.1 Å². The summed E-state index contributed by atoms with van der Waals surface area (Å²) in [7, 11) is 0. The molecule has 1 aromatic heterocycles. The number of halogens is 4. The van der Waals surface area contributed by atoms with E-state index in [1.807, 2.05) is 16.7 Å². The van der Waals surface area contributed by atoms with E-state index in [1.165, 1.54) is 12.1 Å². The number of alkyl halides is 1.